The van der Waals surface area contributed by atoms with E-state index in [2.05, 4.69) is 26.1 Å². The lowest BCUT2D eigenvalue weighted by Gasteiger charge is -2.20. The van der Waals surface area contributed by atoms with E-state index in [4.69, 9.17) is 4.74 Å². The molecule has 0 spiro atoms. The molecule has 1 aliphatic rings. The summed E-state index contributed by atoms with van der Waals surface area (Å²) >= 11 is 0. The van der Waals surface area contributed by atoms with Crippen molar-refractivity contribution in [1.82, 2.24) is 5.32 Å². The van der Waals surface area contributed by atoms with Crippen molar-refractivity contribution in [3.8, 4) is 0 Å². The molecule has 15 heavy (non-hydrogen) atoms. The predicted octanol–water partition coefficient (Wildman–Crippen LogP) is 1.41. The fraction of sp³-hybridized carbons (Fsp3) is 1.00. The van der Waals surface area contributed by atoms with Gasteiger partial charge in [-0.25, -0.2) is 0 Å². The van der Waals surface area contributed by atoms with E-state index < -0.39 is 0 Å². The number of aliphatic hydroxyl groups excluding tert-OH is 1. The predicted molar refractivity (Wildman–Crippen MR) is 61.9 cm³/mol. The highest BCUT2D eigenvalue weighted by atomic mass is 16.5. The van der Waals surface area contributed by atoms with Gasteiger partial charge in [-0.1, -0.05) is 20.8 Å². The topological polar surface area (TPSA) is 41.5 Å². The van der Waals surface area contributed by atoms with E-state index >= 15 is 0 Å². The standard InChI is InChI=1S/C12H25NO2/c1-12(2,3)9-13-6-11(14)8-15-7-10-4-5-10/h10-11,13-14H,4-9H2,1-3H3. The second kappa shape index (κ2) is 5.83. The fourth-order valence-electron chi connectivity index (χ4n) is 1.33. The number of ether oxygens (including phenoxy) is 1. The number of hydrogen-bond donors (Lipinski definition) is 2. The average molecular weight is 215 g/mol. The van der Waals surface area contributed by atoms with Crippen LogP contribution in [0.1, 0.15) is 33.6 Å². The highest BCUT2D eigenvalue weighted by molar-refractivity contribution is 4.72. The highest BCUT2D eigenvalue weighted by Crippen LogP contribution is 2.28. The lowest BCUT2D eigenvalue weighted by Crippen LogP contribution is -2.35. The zero-order valence-corrected chi connectivity index (χ0v) is 10.3. The molecule has 0 radical (unpaired) electrons. The molecule has 3 nitrogen and oxygen atoms in total. The molecule has 0 aromatic rings. The monoisotopic (exact) mass is 215 g/mol. The minimum Gasteiger partial charge on any atom is -0.389 e. The molecule has 90 valence electrons. The molecule has 0 aromatic carbocycles. The number of nitrogens with one attached hydrogen (secondary N) is 1. The summed E-state index contributed by atoms with van der Waals surface area (Å²) in [7, 11) is 0. The van der Waals surface area contributed by atoms with E-state index in [0.717, 1.165) is 19.1 Å². The molecule has 0 saturated heterocycles. The van der Waals surface area contributed by atoms with Crippen LogP contribution in [0.3, 0.4) is 0 Å². The quantitative estimate of drug-likeness (QED) is 0.674. The zero-order valence-electron chi connectivity index (χ0n) is 10.3. The van der Waals surface area contributed by atoms with Crippen LogP contribution in [0.15, 0.2) is 0 Å². The van der Waals surface area contributed by atoms with Crippen LogP contribution in [-0.4, -0.2) is 37.5 Å². The molecule has 0 aliphatic heterocycles. The third-order valence-corrected chi connectivity index (χ3v) is 2.40. The number of hydrogen-bond acceptors (Lipinski definition) is 3. The van der Waals surface area contributed by atoms with Crippen molar-refractivity contribution >= 4 is 0 Å². The maximum absolute atomic E-state index is 9.59. The van der Waals surface area contributed by atoms with Gasteiger partial charge in [-0.2, -0.15) is 0 Å². The maximum atomic E-state index is 9.59. The first-order valence-corrected chi connectivity index (χ1v) is 5.94. The van der Waals surface area contributed by atoms with Crippen LogP contribution in [0, 0.1) is 11.3 Å². The Morgan fingerprint density at radius 3 is 2.60 bits per heavy atom. The average Bonchev–Trinajstić information content (AvgIpc) is 2.85. The van der Waals surface area contributed by atoms with Gasteiger partial charge in [0.2, 0.25) is 0 Å². The van der Waals surface area contributed by atoms with Gasteiger partial charge in [0, 0.05) is 19.7 Å². The molecule has 3 heteroatoms. The lowest BCUT2D eigenvalue weighted by atomic mass is 9.97. The first-order valence-electron chi connectivity index (χ1n) is 5.94. The van der Waals surface area contributed by atoms with Crippen LogP contribution in [0.5, 0.6) is 0 Å². The first kappa shape index (κ1) is 12.9. The Labute approximate surface area is 93.2 Å². The maximum Gasteiger partial charge on any atom is 0.0897 e. The van der Waals surface area contributed by atoms with Crippen LogP contribution in [0.2, 0.25) is 0 Å². The van der Waals surface area contributed by atoms with Crippen molar-refractivity contribution in [1.29, 1.82) is 0 Å². The Morgan fingerprint density at radius 2 is 2.07 bits per heavy atom. The van der Waals surface area contributed by atoms with Gasteiger partial charge in [-0.15, -0.1) is 0 Å². The third kappa shape index (κ3) is 7.77. The van der Waals surface area contributed by atoms with Gasteiger partial charge in [0.25, 0.3) is 0 Å². The lowest BCUT2D eigenvalue weighted by molar-refractivity contribution is 0.0317. The van der Waals surface area contributed by atoms with Gasteiger partial charge in [0.1, 0.15) is 0 Å². The molecule has 1 aliphatic carbocycles. The fourth-order valence-corrected chi connectivity index (χ4v) is 1.33. The third-order valence-electron chi connectivity index (χ3n) is 2.40. The van der Waals surface area contributed by atoms with Crippen molar-refractivity contribution < 1.29 is 9.84 Å². The van der Waals surface area contributed by atoms with Crippen molar-refractivity contribution in [2.24, 2.45) is 11.3 Å². The molecule has 0 bridgehead atoms. The van der Waals surface area contributed by atoms with Crippen molar-refractivity contribution in [3.05, 3.63) is 0 Å². The van der Waals surface area contributed by atoms with Gasteiger partial charge in [0.05, 0.1) is 12.7 Å². The van der Waals surface area contributed by atoms with Crippen LogP contribution < -0.4 is 5.32 Å². The Balaban J connectivity index is 1.90. The van der Waals surface area contributed by atoms with Crippen molar-refractivity contribution in [2.75, 3.05) is 26.3 Å². The minimum atomic E-state index is -0.369. The van der Waals surface area contributed by atoms with E-state index in [1.807, 2.05) is 0 Å². The Hall–Kier alpha value is -0.120. The van der Waals surface area contributed by atoms with Crippen LogP contribution in [0.4, 0.5) is 0 Å². The van der Waals surface area contributed by atoms with Gasteiger partial charge >= 0.3 is 0 Å². The molecule has 1 unspecified atom stereocenters. The van der Waals surface area contributed by atoms with E-state index in [9.17, 15) is 5.11 Å². The first-order chi connectivity index (χ1) is 6.97. The van der Waals surface area contributed by atoms with E-state index in [0.29, 0.717) is 13.2 Å². The molecule has 0 aromatic heterocycles. The van der Waals surface area contributed by atoms with Crippen molar-refractivity contribution in [2.45, 2.75) is 39.7 Å². The molecule has 2 N–H and O–H groups in total. The molecule has 1 fully saturated rings. The molecular weight excluding hydrogens is 190 g/mol. The summed E-state index contributed by atoms with van der Waals surface area (Å²) < 4.78 is 5.41. The highest BCUT2D eigenvalue weighted by Gasteiger charge is 2.21. The molecule has 1 rings (SSSR count). The Bertz CT molecular complexity index is 173. The van der Waals surface area contributed by atoms with Crippen LogP contribution in [0.25, 0.3) is 0 Å². The van der Waals surface area contributed by atoms with E-state index in [1.165, 1.54) is 12.8 Å². The van der Waals surface area contributed by atoms with Gasteiger partial charge in [-0.05, 0) is 24.2 Å². The largest absolute Gasteiger partial charge is 0.389 e. The SMILES string of the molecule is CC(C)(C)CNCC(O)COCC1CC1. The summed E-state index contributed by atoms with van der Waals surface area (Å²) in [6.45, 7) is 9.38. The van der Waals surface area contributed by atoms with Gasteiger partial charge in [-0.3, -0.25) is 0 Å². The minimum absolute atomic E-state index is 0.272. The van der Waals surface area contributed by atoms with E-state index in [-0.39, 0.29) is 11.5 Å². The number of rotatable bonds is 7. The summed E-state index contributed by atoms with van der Waals surface area (Å²) in [5, 5.41) is 12.8. The second-order valence-electron chi connectivity index (χ2n) is 5.83. The molecule has 1 atom stereocenters. The smallest absolute Gasteiger partial charge is 0.0897 e. The summed E-state index contributed by atoms with van der Waals surface area (Å²) in [6.07, 6.45) is 2.24. The van der Waals surface area contributed by atoms with Crippen LogP contribution >= 0.6 is 0 Å². The summed E-state index contributed by atoms with van der Waals surface area (Å²) in [5.74, 6) is 0.778. The van der Waals surface area contributed by atoms with Gasteiger partial charge < -0.3 is 15.2 Å². The normalized spacial score (nSPS) is 19.2. The molecule has 0 heterocycles. The summed E-state index contributed by atoms with van der Waals surface area (Å²) in [5.41, 5.74) is 0.272. The number of aliphatic hydroxyl groups is 1. The molecular formula is C12H25NO2. The summed E-state index contributed by atoms with van der Waals surface area (Å²) in [4.78, 5) is 0. The second-order valence-corrected chi connectivity index (χ2v) is 5.83. The van der Waals surface area contributed by atoms with Crippen LogP contribution in [-0.2, 0) is 4.74 Å². The van der Waals surface area contributed by atoms with Crippen molar-refractivity contribution in [3.63, 3.8) is 0 Å². The summed E-state index contributed by atoms with van der Waals surface area (Å²) in [6, 6.07) is 0. The van der Waals surface area contributed by atoms with E-state index in [1.54, 1.807) is 0 Å². The van der Waals surface area contributed by atoms with Gasteiger partial charge in [0.15, 0.2) is 0 Å². The Kier molecular flexibility index (Phi) is 5.03. The zero-order chi connectivity index (χ0) is 11.3. The molecule has 0 amide bonds. The molecule has 1 saturated carbocycles. The Morgan fingerprint density at radius 1 is 1.40 bits per heavy atom.